The number of aliphatic carboxylic acids is 1. The molecule has 0 saturated carbocycles. The number of ether oxygens (including phenoxy) is 1. The van der Waals surface area contributed by atoms with Gasteiger partial charge in [0.2, 0.25) is 5.52 Å². The van der Waals surface area contributed by atoms with Crippen LogP contribution in [0.5, 0.6) is 0 Å². The third-order valence-electron chi connectivity index (χ3n) is 2.77. The minimum Gasteiger partial charge on any atom is -0.480 e. The number of amides is 1. The molecule has 1 heterocycles. The molecule has 2 aromatic rings. The molecule has 11 heteroatoms. The van der Waals surface area contributed by atoms with E-state index >= 15 is 0 Å². The van der Waals surface area contributed by atoms with Gasteiger partial charge in [0, 0.05) is 6.07 Å². The highest BCUT2D eigenvalue weighted by molar-refractivity contribution is 6.03. The zero-order valence-corrected chi connectivity index (χ0v) is 13.0. The van der Waals surface area contributed by atoms with Gasteiger partial charge in [0.1, 0.15) is 12.1 Å². The van der Waals surface area contributed by atoms with Crippen molar-refractivity contribution >= 4 is 34.5 Å². The maximum Gasteiger partial charge on any atom is 0.415 e. The van der Waals surface area contributed by atoms with E-state index in [1.54, 1.807) is 20.8 Å². The molecule has 0 fully saturated rings. The van der Waals surface area contributed by atoms with Gasteiger partial charge in [-0.3, -0.25) is 19.8 Å². The van der Waals surface area contributed by atoms with Crippen molar-refractivity contribution < 1.29 is 29.0 Å². The van der Waals surface area contributed by atoms with Crippen LogP contribution in [0.1, 0.15) is 20.8 Å². The lowest BCUT2D eigenvalue weighted by atomic mass is 10.2. The van der Waals surface area contributed by atoms with Crippen LogP contribution in [0.15, 0.2) is 16.8 Å². The lowest BCUT2D eigenvalue weighted by molar-refractivity contribution is -0.383. The van der Waals surface area contributed by atoms with Gasteiger partial charge in [-0.1, -0.05) is 0 Å². The van der Waals surface area contributed by atoms with Gasteiger partial charge >= 0.3 is 17.7 Å². The van der Waals surface area contributed by atoms with E-state index in [4.69, 9.17) is 9.84 Å². The van der Waals surface area contributed by atoms with Crippen molar-refractivity contribution in [3.63, 3.8) is 0 Å². The smallest absolute Gasteiger partial charge is 0.415 e. The summed E-state index contributed by atoms with van der Waals surface area (Å²) in [6, 6.07) is 2.28. The van der Waals surface area contributed by atoms with E-state index in [1.807, 2.05) is 0 Å². The van der Waals surface area contributed by atoms with Crippen molar-refractivity contribution in [1.82, 2.24) is 10.3 Å². The summed E-state index contributed by atoms with van der Waals surface area (Å²) >= 11 is 0. The van der Waals surface area contributed by atoms with Crippen molar-refractivity contribution in [3.05, 3.63) is 22.2 Å². The van der Waals surface area contributed by atoms with Crippen molar-refractivity contribution in [3.8, 4) is 0 Å². The van der Waals surface area contributed by atoms with Crippen LogP contribution in [0.2, 0.25) is 0 Å². The molecule has 128 valence electrons. The van der Waals surface area contributed by atoms with Crippen LogP contribution < -0.4 is 4.90 Å². The van der Waals surface area contributed by atoms with Gasteiger partial charge in [-0.2, -0.15) is 0 Å². The van der Waals surface area contributed by atoms with Crippen molar-refractivity contribution in [2.45, 2.75) is 26.4 Å². The quantitative estimate of drug-likeness (QED) is 0.651. The Balaban J connectivity index is 2.55. The standard InChI is InChI=1S/C13H14N4O7/c1-13(2,3)23-12(20)16(6-9(18)19)7-4-5-8(17(21)22)11-10(7)14-24-15-11/h4-5H,6H2,1-3H3,(H,18,19). The minimum absolute atomic E-state index is 0.0199. The first-order chi connectivity index (χ1) is 11.1. The molecule has 24 heavy (non-hydrogen) atoms. The zero-order valence-electron chi connectivity index (χ0n) is 13.0. The van der Waals surface area contributed by atoms with Gasteiger partial charge in [0.05, 0.1) is 10.6 Å². The van der Waals surface area contributed by atoms with Crippen molar-refractivity contribution in [2.24, 2.45) is 0 Å². The predicted octanol–water partition coefficient (Wildman–Crippen LogP) is 1.96. The van der Waals surface area contributed by atoms with Crippen LogP contribution in [-0.4, -0.2) is 44.6 Å². The number of anilines is 1. The van der Waals surface area contributed by atoms with Crippen LogP contribution in [0, 0.1) is 10.1 Å². The second-order valence-electron chi connectivity index (χ2n) is 5.78. The van der Waals surface area contributed by atoms with Crippen LogP contribution >= 0.6 is 0 Å². The molecule has 0 atom stereocenters. The summed E-state index contributed by atoms with van der Waals surface area (Å²) in [5, 5.41) is 27.0. The SMILES string of the molecule is CC(C)(C)OC(=O)N(CC(=O)O)c1ccc([N+](=O)[O-])c2nonc12. The molecule has 11 nitrogen and oxygen atoms in total. The van der Waals surface area contributed by atoms with E-state index in [9.17, 15) is 19.7 Å². The lowest BCUT2D eigenvalue weighted by Crippen LogP contribution is -2.40. The molecular weight excluding hydrogens is 324 g/mol. The number of carbonyl (C=O) groups is 2. The molecule has 2 rings (SSSR count). The molecule has 0 unspecified atom stereocenters. The normalized spacial score (nSPS) is 11.3. The molecule has 1 amide bonds. The maximum absolute atomic E-state index is 12.3. The topological polar surface area (TPSA) is 149 Å². The summed E-state index contributed by atoms with van der Waals surface area (Å²) in [4.78, 5) is 34.5. The molecule has 1 aromatic heterocycles. The molecule has 0 spiro atoms. The summed E-state index contributed by atoms with van der Waals surface area (Å²) in [5.41, 5.74) is -1.58. The molecule has 0 bridgehead atoms. The average molecular weight is 338 g/mol. The van der Waals surface area contributed by atoms with Crippen molar-refractivity contribution in [1.29, 1.82) is 0 Å². The number of nitrogens with zero attached hydrogens (tertiary/aromatic N) is 4. The van der Waals surface area contributed by atoms with E-state index in [1.165, 1.54) is 6.07 Å². The lowest BCUT2D eigenvalue weighted by Gasteiger charge is -2.26. The number of aromatic nitrogens is 2. The Morgan fingerprint density at radius 3 is 2.50 bits per heavy atom. The highest BCUT2D eigenvalue weighted by atomic mass is 16.6. The second-order valence-corrected chi connectivity index (χ2v) is 5.78. The third-order valence-corrected chi connectivity index (χ3v) is 2.77. The number of non-ortho nitro benzene ring substituents is 1. The van der Waals surface area contributed by atoms with E-state index in [0.29, 0.717) is 0 Å². The number of carboxylic acids is 1. The van der Waals surface area contributed by atoms with Crippen LogP contribution in [0.3, 0.4) is 0 Å². The fourth-order valence-corrected chi connectivity index (χ4v) is 1.91. The Morgan fingerprint density at radius 1 is 1.33 bits per heavy atom. The number of rotatable bonds is 4. The largest absolute Gasteiger partial charge is 0.480 e. The van der Waals surface area contributed by atoms with Crippen LogP contribution in [0.4, 0.5) is 16.2 Å². The van der Waals surface area contributed by atoms with Gasteiger partial charge in [0.15, 0.2) is 5.52 Å². The first-order valence-corrected chi connectivity index (χ1v) is 6.72. The summed E-state index contributed by atoms with van der Waals surface area (Å²) in [7, 11) is 0. The van der Waals surface area contributed by atoms with Gasteiger partial charge in [0.25, 0.3) is 0 Å². The molecular formula is C13H14N4O7. The number of hydrogen-bond donors (Lipinski definition) is 1. The average Bonchev–Trinajstić information content (AvgIpc) is 2.90. The molecule has 0 aliphatic heterocycles. The predicted molar refractivity (Wildman–Crippen MR) is 79.7 cm³/mol. The highest BCUT2D eigenvalue weighted by Crippen LogP contribution is 2.31. The Labute approximate surface area is 134 Å². The van der Waals surface area contributed by atoms with Crippen molar-refractivity contribution in [2.75, 3.05) is 11.4 Å². The monoisotopic (exact) mass is 338 g/mol. The third kappa shape index (κ3) is 3.56. The number of hydrogen-bond acceptors (Lipinski definition) is 8. The Hall–Kier alpha value is -3.24. The summed E-state index contributed by atoms with van der Waals surface area (Å²) in [5.74, 6) is -1.30. The van der Waals surface area contributed by atoms with Gasteiger partial charge in [-0.15, -0.1) is 0 Å². The zero-order chi connectivity index (χ0) is 18.1. The summed E-state index contributed by atoms with van der Waals surface area (Å²) < 4.78 is 9.67. The Kier molecular flexibility index (Phi) is 4.35. The van der Waals surface area contributed by atoms with Gasteiger partial charge in [-0.05, 0) is 37.2 Å². The second kappa shape index (κ2) is 6.10. The summed E-state index contributed by atoms with van der Waals surface area (Å²) in [6.45, 7) is 4.13. The molecule has 1 aromatic carbocycles. The maximum atomic E-state index is 12.3. The fraction of sp³-hybridized carbons (Fsp3) is 0.385. The molecule has 1 N–H and O–H groups in total. The number of nitro groups is 1. The molecule has 0 aliphatic rings. The van der Waals surface area contributed by atoms with E-state index in [-0.39, 0.29) is 22.4 Å². The van der Waals surface area contributed by atoms with E-state index in [2.05, 4.69) is 14.9 Å². The fourth-order valence-electron chi connectivity index (χ4n) is 1.91. The Bertz CT molecular complexity index is 808. The van der Waals surface area contributed by atoms with Crippen LogP contribution in [0.25, 0.3) is 11.0 Å². The first kappa shape index (κ1) is 17.1. The molecule has 0 saturated heterocycles. The molecule has 0 aliphatic carbocycles. The van der Waals surface area contributed by atoms with E-state index < -0.39 is 29.1 Å². The highest BCUT2D eigenvalue weighted by Gasteiger charge is 2.30. The molecule has 0 radical (unpaired) electrons. The number of carboxylic acid groups (broad SMARTS) is 1. The van der Waals surface area contributed by atoms with Gasteiger partial charge < -0.3 is 9.84 Å². The number of benzene rings is 1. The van der Waals surface area contributed by atoms with E-state index in [0.717, 1.165) is 11.0 Å². The first-order valence-electron chi connectivity index (χ1n) is 6.72. The van der Waals surface area contributed by atoms with Gasteiger partial charge in [-0.25, -0.2) is 9.42 Å². The summed E-state index contributed by atoms with van der Waals surface area (Å²) in [6.07, 6.45) is -0.942. The van der Waals surface area contributed by atoms with Crippen LogP contribution in [-0.2, 0) is 9.53 Å². The Morgan fingerprint density at radius 2 is 1.96 bits per heavy atom. The number of nitro benzene ring substituents is 1. The number of fused-ring (bicyclic) bond motifs is 1. The number of carbonyl (C=O) groups excluding carboxylic acids is 1. The minimum atomic E-state index is -1.30.